The molecule has 41 heavy (non-hydrogen) atoms. The van der Waals surface area contributed by atoms with Crippen molar-refractivity contribution in [2.45, 2.75) is 30.8 Å². The number of nitrogens with zero attached hydrogens (tertiary/aromatic N) is 1. The highest BCUT2D eigenvalue weighted by atomic mass is 79.9. The third-order valence-corrected chi connectivity index (χ3v) is 8.23. The quantitative estimate of drug-likeness (QED) is 0.262. The zero-order valence-corrected chi connectivity index (χ0v) is 24.7. The Morgan fingerprint density at radius 2 is 1.85 bits per heavy atom. The first kappa shape index (κ1) is 28.8. The Bertz CT molecular complexity index is 1700. The first-order chi connectivity index (χ1) is 19.8. The number of halogens is 2. The molecular formula is C35H32BrFN2O2. The first-order valence-corrected chi connectivity index (χ1v) is 14.4. The second-order valence-electron chi connectivity index (χ2n) is 10.7. The van der Waals surface area contributed by atoms with Crippen LogP contribution in [-0.2, 0) is 0 Å². The lowest BCUT2D eigenvalue weighted by atomic mass is 9.69. The normalized spacial score (nSPS) is 18.2. The van der Waals surface area contributed by atoms with E-state index in [0.717, 1.165) is 21.2 Å². The van der Waals surface area contributed by atoms with Crippen molar-refractivity contribution in [2.24, 2.45) is 0 Å². The monoisotopic (exact) mass is 610 g/mol. The maximum Gasteiger partial charge on any atom is 0.251 e. The second kappa shape index (κ2) is 12.4. The molecule has 5 rings (SSSR count). The number of allylic oxidation sites excluding steroid dienone is 6. The van der Waals surface area contributed by atoms with Gasteiger partial charge in [-0.05, 0) is 77.5 Å². The van der Waals surface area contributed by atoms with Crippen LogP contribution in [0.15, 0.2) is 112 Å². The third kappa shape index (κ3) is 6.28. The summed E-state index contributed by atoms with van der Waals surface area (Å²) in [5.41, 5.74) is 9.29. The van der Waals surface area contributed by atoms with Gasteiger partial charge in [-0.15, -0.1) is 0 Å². The Balaban J connectivity index is 1.76. The standard InChI is InChI=1S/C35H32BrFN2O2/c1-39(2)20-19-35(41,32-14-8-12-24-9-6-7-13-30(24)32)33(25-10-4-3-5-11-25)31-22-27(23-38-34(31)40)26-15-16-28(36)17-18-29(37)21-26/h3-7,9-13,15-16,21-23,33,41H,17-20H2,1-2H3,(H,38,40)/b26-15?,28-16+,29-21?. The van der Waals surface area contributed by atoms with E-state index >= 15 is 0 Å². The minimum absolute atomic E-state index is 0.239. The molecule has 6 heteroatoms. The number of H-pyrrole nitrogens is 1. The lowest BCUT2D eigenvalue weighted by molar-refractivity contribution is 0.0665. The fourth-order valence-electron chi connectivity index (χ4n) is 5.46. The van der Waals surface area contributed by atoms with Crippen LogP contribution in [0.5, 0.6) is 0 Å². The minimum atomic E-state index is -1.53. The SMILES string of the molecule is CN(C)CCC(O)(C1=C=C=Cc2ccccc21)C(c1ccccc1)c1cc(C2=C/C=C(/Br)CCC(F)=C2)c[nH]c1=O. The lowest BCUT2D eigenvalue weighted by Crippen LogP contribution is -2.43. The van der Waals surface area contributed by atoms with E-state index < -0.39 is 11.5 Å². The van der Waals surface area contributed by atoms with Gasteiger partial charge in [0.25, 0.3) is 5.56 Å². The van der Waals surface area contributed by atoms with Crippen molar-refractivity contribution in [3.8, 4) is 0 Å². The van der Waals surface area contributed by atoms with E-state index in [1.54, 1.807) is 12.3 Å². The van der Waals surface area contributed by atoms with E-state index in [-0.39, 0.29) is 17.8 Å². The number of hydrogen-bond donors (Lipinski definition) is 2. The maximum atomic E-state index is 14.7. The van der Waals surface area contributed by atoms with Crippen LogP contribution in [0.25, 0.3) is 17.2 Å². The summed E-state index contributed by atoms with van der Waals surface area (Å²) in [5.74, 6) is -0.995. The molecule has 0 aliphatic heterocycles. The molecule has 0 fully saturated rings. The summed E-state index contributed by atoms with van der Waals surface area (Å²) in [7, 11) is 3.91. The highest BCUT2D eigenvalue weighted by Crippen LogP contribution is 2.46. The number of rotatable bonds is 8. The largest absolute Gasteiger partial charge is 0.383 e. The number of pyridine rings is 1. The van der Waals surface area contributed by atoms with E-state index in [2.05, 4.69) is 32.4 Å². The van der Waals surface area contributed by atoms with Crippen molar-refractivity contribution < 1.29 is 9.50 Å². The molecule has 2 unspecified atom stereocenters. The van der Waals surface area contributed by atoms with Crippen molar-refractivity contribution in [1.29, 1.82) is 0 Å². The Labute approximate surface area is 248 Å². The highest BCUT2D eigenvalue weighted by molar-refractivity contribution is 9.11. The summed E-state index contributed by atoms with van der Waals surface area (Å²) >= 11 is 3.50. The van der Waals surface area contributed by atoms with Gasteiger partial charge in [0, 0.05) is 36.2 Å². The number of hydrogen-bond acceptors (Lipinski definition) is 3. The van der Waals surface area contributed by atoms with Gasteiger partial charge in [0.15, 0.2) is 0 Å². The highest BCUT2D eigenvalue weighted by Gasteiger charge is 2.44. The van der Waals surface area contributed by atoms with Gasteiger partial charge < -0.3 is 15.0 Å². The van der Waals surface area contributed by atoms with E-state index in [1.165, 1.54) is 6.08 Å². The average molecular weight is 612 g/mol. The van der Waals surface area contributed by atoms with Crippen molar-refractivity contribution >= 4 is 33.2 Å². The molecule has 0 saturated heterocycles. The molecule has 1 aromatic heterocycles. The van der Waals surface area contributed by atoms with Crippen LogP contribution >= 0.6 is 15.9 Å². The van der Waals surface area contributed by atoms with Crippen LogP contribution in [-0.4, -0.2) is 41.2 Å². The lowest BCUT2D eigenvalue weighted by Gasteiger charge is -2.39. The predicted octanol–water partition coefficient (Wildman–Crippen LogP) is 7.36. The van der Waals surface area contributed by atoms with Crippen molar-refractivity contribution in [3.05, 3.63) is 145 Å². The summed E-state index contributed by atoms with van der Waals surface area (Å²) in [6.45, 7) is 0.562. The Hall–Kier alpha value is -3.76. The number of nitrogens with one attached hydrogen (secondary N) is 1. The smallest absolute Gasteiger partial charge is 0.251 e. The van der Waals surface area contributed by atoms with E-state index in [0.29, 0.717) is 41.7 Å². The van der Waals surface area contributed by atoms with E-state index in [1.807, 2.05) is 91.8 Å². The van der Waals surface area contributed by atoms with Gasteiger partial charge in [-0.3, -0.25) is 4.79 Å². The molecule has 1 heterocycles. The molecule has 4 nitrogen and oxygen atoms in total. The number of aromatic nitrogens is 1. The van der Waals surface area contributed by atoms with Crippen LogP contribution in [0.3, 0.4) is 0 Å². The van der Waals surface area contributed by atoms with Crippen molar-refractivity contribution in [1.82, 2.24) is 9.88 Å². The van der Waals surface area contributed by atoms with Crippen LogP contribution in [0.2, 0.25) is 0 Å². The fraction of sp³-hybridized carbons (Fsp3) is 0.229. The van der Waals surface area contributed by atoms with Gasteiger partial charge in [0.2, 0.25) is 0 Å². The molecule has 2 atom stereocenters. The van der Waals surface area contributed by atoms with Gasteiger partial charge in [-0.2, -0.15) is 0 Å². The Kier molecular flexibility index (Phi) is 8.70. The zero-order chi connectivity index (χ0) is 29.0. The maximum absolute atomic E-state index is 14.7. The molecular weight excluding hydrogens is 579 g/mol. The van der Waals surface area contributed by atoms with Gasteiger partial charge in [-0.1, -0.05) is 94.1 Å². The van der Waals surface area contributed by atoms with Crippen LogP contribution in [0, 0.1) is 0 Å². The average Bonchev–Trinajstić information content (AvgIpc) is 2.97. The number of aliphatic hydroxyl groups is 1. The summed E-state index contributed by atoms with van der Waals surface area (Å²) in [4.78, 5) is 18.6. The topological polar surface area (TPSA) is 56.3 Å². The summed E-state index contributed by atoms with van der Waals surface area (Å²) in [6.07, 6.45) is 9.90. The van der Waals surface area contributed by atoms with Gasteiger partial charge in [0.1, 0.15) is 11.4 Å². The fourth-order valence-corrected chi connectivity index (χ4v) is 5.79. The van der Waals surface area contributed by atoms with Crippen molar-refractivity contribution in [2.75, 3.05) is 20.6 Å². The third-order valence-electron chi connectivity index (χ3n) is 7.57. The van der Waals surface area contributed by atoms with Gasteiger partial charge >= 0.3 is 0 Å². The van der Waals surface area contributed by atoms with Crippen molar-refractivity contribution in [3.63, 3.8) is 0 Å². The van der Waals surface area contributed by atoms with Gasteiger partial charge in [0.05, 0.1) is 0 Å². The molecule has 2 aromatic carbocycles. The number of fused-ring (bicyclic) bond motifs is 1. The summed E-state index contributed by atoms with van der Waals surface area (Å²) in [5, 5.41) is 12.9. The molecule has 0 amide bonds. The molecule has 0 radical (unpaired) electrons. The Morgan fingerprint density at radius 1 is 1.10 bits per heavy atom. The Morgan fingerprint density at radius 3 is 2.63 bits per heavy atom. The molecule has 0 spiro atoms. The molecule has 2 aliphatic rings. The van der Waals surface area contributed by atoms with E-state index in [9.17, 15) is 14.3 Å². The molecule has 208 valence electrons. The number of aromatic amines is 1. The molecule has 0 saturated carbocycles. The van der Waals surface area contributed by atoms with Crippen LogP contribution < -0.4 is 5.56 Å². The van der Waals surface area contributed by atoms with Crippen LogP contribution in [0.4, 0.5) is 4.39 Å². The zero-order valence-electron chi connectivity index (χ0n) is 23.1. The molecule has 2 aliphatic carbocycles. The summed E-state index contributed by atoms with van der Waals surface area (Å²) in [6, 6.07) is 19.2. The molecule has 2 N–H and O–H groups in total. The minimum Gasteiger partial charge on any atom is -0.383 e. The number of benzene rings is 2. The first-order valence-electron chi connectivity index (χ1n) is 13.7. The van der Waals surface area contributed by atoms with E-state index in [4.69, 9.17) is 0 Å². The van der Waals surface area contributed by atoms with Crippen LogP contribution in [0.1, 0.15) is 53.0 Å². The predicted molar refractivity (Wildman–Crippen MR) is 168 cm³/mol. The molecule has 0 bridgehead atoms. The van der Waals surface area contributed by atoms with Gasteiger partial charge in [-0.25, -0.2) is 4.39 Å². The molecule has 3 aromatic rings. The summed E-state index contributed by atoms with van der Waals surface area (Å²) < 4.78 is 15.6. The second-order valence-corrected chi connectivity index (χ2v) is 11.7.